The first-order valence-corrected chi connectivity index (χ1v) is 16.7. The van der Waals surface area contributed by atoms with Crippen molar-refractivity contribution in [1.82, 2.24) is 25.1 Å². The van der Waals surface area contributed by atoms with Gasteiger partial charge >= 0.3 is 6.03 Å². The predicted octanol–water partition coefficient (Wildman–Crippen LogP) is 5.15. The second kappa shape index (κ2) is 15.5. The molecule has 5 rings (SSSR count). The van der Waals surface area contributed by atoms with Crippen LogP contribution in [0.1, 0.15) is 49.7 Å². The van der Waals surface area contributed by atoms with Crippen molar-refractivity contribution >= 4 is 11.9 Å². The fraction of sp³-hybridized carbons (Fsp3) is 0.385. The van der Waals surface area contributed by atoms with E-state index in [4.69, 9.17) is 5.73 Å². The van der Waals surface area contributed by atoms with Gasteiger partial charge in [-0.05, 0) is 67.0 Å². The number of urea groups is 1. The molecule has 0 spiro atoms. The predicted molar refractivity (Wildman–Crippen MR) is 189 cm³/mol. The van der Waals surface area contributed by atoms with E-state index in [-0.39, 0.29) is 18.0 Å². The standard InChI is InChI=1S/C39H48N6O3/c1-27-11-10-14-32(42-27)26-44-21-22-45(38(44)48)36(39(2,3)4)37(47)43-34(24-28-12-6-5-7-13-28)35(46)25-31(40)23-29-16-18-30(19-17-29)33-15-8-9-20-41-33/h5-20,31,34-36,46H,21-26,40H2,1-4H3,(H,43,47)/t31-,34-,35+,36+/m0/s1. The zero-order chi connectivity index (χ0) is 34.3. The fourth-order valence-electron chi connectivity index (χ4n) is 6.49. The zero-order valence-electron chi connectivity index (χ0n) is 28.4. The smallest absolute Gasteiger partial charge is 0.321 e. The molecule has 9 heteroatoms. The number of nitrogens with zero attached hydrogens (tertiary/aromatic N) is 4. The molecule has 9 nitrogen and oxygen atoms in total. The van der Waals surface area contributed by atoms with Gasteiger partial charge in [-0.3, -0.25) is 14.8 Å². The van der Waals surface area contributed by atoms with E-state index in [2.05, 4.69) is 15.3 Å². The van der Waals surface area contributed by atoms with E-state index < -0.39 is 23.6 Å². The van der Waals surface area contributed by atoms with Crippen molar-refractivity contribution in [2.24, 2.45) is 11.1 Å². The second-order valence-corrected chi connectivity index (χ2v) is 13.9. The van der Waals surface area contributed by atoms with Crippen LogP contribution in [0.15, 0.2) is 97.2 Å². The Morgan fingerprint density at radius 2 is 1.62 bits per heavy atom. The van der Waals surface area contributed by atoms with Gasteiger partial charge in [0.1, 0.15) is 6.04 Å². The molecule has 0 aliphatic carbocycles. The molecule has 252 valence electrons. The number of hydrogen-bond acceptors (Lipinski definition) is 6. The van der Waals surface area contributed by atoms with E-state index >= 15 is 0 Å². The Labute approximate surface area is 284 Å². The van der Waals surface area contributed by atoms with E-state index in [1.165, 1.54) is 0 Å². The lowest BCUT2D eigenvalue weighted by molar-refractivity contribution is -0.130. The van der Waals surface area contributed by atoms with Gasteiger partial charge in [0, 0.05) is 36.6 Å². The highest BCUT2D eigenvalue weighted by molar-refractivity contribution is 5.89. The molecule has 0 bridgehead atoms. The molecule has 0 saturated carbocycles. The summed E-state index contributed by atoms with van der Waals surface area (Å²) in [6.07, 6.45) is 2.16. The van der Waals surface area contributed by atoms with E-state index in [0.717, 1.165) is 33.8 Å². The Bertz CT molecular complexity index is 1640. The zero-order valence-corrected chi connectivity index (χ0v) is 28.4. The maximum absolute atomic E-state index is 14.2. The van der Waals surface area contributed by atoms with Crippen molar-refractivity contribution in [2.45, 2.75) is 77.7 Å². The summed E-state index contributed by atoms with van der Waals surface area (Å²) in [4.78, 5) is 40.3. The Hall–Kier alpha value is -4.60. The Morgan fingerprint density at radius 1 is 0.917 bits per heavy atom. The highest BCUT2D eigenvalue weighted by Crippen LogP contribution is 2.29. The Kier molecular flexibility index (Phi) is 11.2. The number of rotatable bonds is 13. The molecule has 0 radical (unpaired) electrons. The minimum Gasteiger partial charge on any atom is -0.391 e. The lowest BCUT2D eigenvalue weighted by Gasteiger charge is -2.38. The van der Waals surface area contributed by atoms with Crippen LogP contribution in [0, 0.1) is 12.3 Å². The second-order valence-electron chi connectivity index (χ2n) is 13.9. The van der Waals surface area contributed by atoms with Gasteiger partial charge in [-0.1, -0.05) is 87.5 Å². The molecule has 0 unspecified atom stereocenters. The number of nitrogens with two attached hydrogens (primary N) is 1. The summed E-state index contributed by atoms with van der Waals surface area (Å²) in [7, 11) is 0. The van der Waals surface area contributed by atoms with Gasteiger partial charge < -0.3 is 26.0 Å². The van der Waals surface area contributed by atoms with Crippen LogP contribution in [-0.2, 0) is 24.2 Å². The molecule has 2 aromatic carbocycles. The first kappa shape index (κ1) is 34.7. The van der Waals surface area contributed by atoms with Crippen LogP contribution in [-0.4, -0.2) is 74.1 Å². The van der Waals surface area contributed by atoms with Crippen LogP contribution in [0.2, 0.25) is 0 Å². The first-order chi connectivity index (χ1) is 23.0. The van der Waals surface area contributed by atoms with Crippen LogP contribution in [0.3, 0.4) is 0 Å². The van der Waals surface area contributed by atoms with Crippen LogP contribution in [0.4, 0.5) is 4.79 Å². The van der Waals surface area contributed by atoms with Gasteiger partial charge in [-0.2, -0.15) is 0 Å². The summed E-state index contributed by atoms with van der Waals surface area (Å²) in [5.41, 5.74) is 11.7. The number of benzene rings is 2. The molecule has 3 heterocycles. The minimum absolute atomic E-state index is 0.190. The summed E-state index contributed by atoms with van der Waals surface area (Å²) >= 11 is 0. The fourth-order valence-corrected chi connectivity index (χ4v) is 6.49. The van der Waals surface area contributed by atoms with Crippen molar-refractivity contribution < 1.29 is 14.7 Å². The molecule has 1 fully saturated rings. The van der Waals surface area contributed by atoms with Crippen LogP contribution in [0.5, 0.6) is 0 Å². The number of aromatic nitrogens is 2. The number of carbonyl (C=O) groups excluding carboxylic acids is 2. The van der Waals surface area contributed by atoms with Crippen molar-refractivity contribution in [1.29, 1.82) is 0 Å². The topological polar surface area (TPSA) is 125 Å². The summed E-state index contributed by atoms with van der Waals surface area (Å²) in [5, 5.41) is 14.8. The Morgan fingerprint density at radius 3 is 2.29 bits per heavy atom. The molecule has 4 aromatic rings. The molecule has 1 aliphatic heterocycles. The van der Waals surface area contributed by atoms with Gasteiger partial charge in [0.25, 0.3) is 0 Å². The van der Waals surface area contributed by atoms with Crippen LogP contribution in [0.25, 0.3) is 11.3 Å². The van der Waals surface area contributed by atoms with Crippen molar-refractivity contribution in [3.05, 3.63) is 120 Å². The van der Waals surface area contributed by atoms with E-state index in [1.807, 2.05) is 119 Å². The van der Waals surface area contributed by atoms with Gasteiger partial charge in [0.05, 0.1) is 30.1 Å². The first-order valence-electron chi connectivity index (χ1n) is 16.7. The molecule has 48 heavy (non-hydrogen) atoms. The number of pyridine rings is 2. The summed E-state index contributed by atoms with van der Waals surface area (Å²) < 4.78 is 0. The largest absolute Gasteiger partial charge is 0.391 e. The highest BCUT2D eigenvalue weighted by atomic mass is 16.3. The number of hydrogen-bond donors (Lipinski definition) is 3. The lowest BCUT2D eigenvalue weighted by Crippen LogP contribution is -2.58. The number of nitrogens with one attached hydrogen (secondary N) is 1. The summed E-state index contributed by atoms with van der Waals surface area (Å²) in [6.45, 7) is 9.13. The van der Waals surface area contributed by atoms with E-state index in [9.17, 15) is 14.7 Å². The quantitative estimate of drug-likeness (QED) is 0.184. The lowest BCUT2D eigenvalue weighted by atomic mass is 9.84. The van der Waals surface area contributed by atoms with Gasteiger partial charge in [0.2, 0.25) is 5.91 Å². The van der Waals surface area contributed by atoms with Crippen molar-refractivity contribution in [3.8, 4) is 11.3 Å². The molecular formula is C39H48N6O3. The van der Waals surface area contributed by atoms with Gasteiger partial charge in [-0.25, -0.2) is 4.79 Å². The third-order valence-electron chi connectivity index (χ3n) is 8.85. The molecule has 1 aliphatic rings. The number of carbonyl (C=O) groups is 2. The average Bonchev–Trinajstić information content (AvgIpc) is 3.39. The van der Waals surface area contributed by atoms with Crippen molar-refractivity contribution in [3.63, 3.8) is 0 Å². The van der Waals surface area contributed by atoms with Gasteiger partial charge in [0.15, 0.2) is 0 Å². The summed E-state index contributed by atoms with van der Waals surface area (Å²) in [6, 6.07) is 27.7. The number of aliphatic hydroxyl groups excluding tert-OH is 1. The van der Waals surface area contributed by atoms with Gasteiger partial charge in [-0.15, -0.1) is 0 Å². The summed E-state index contributed by atoms with van der Waals surface area (Å²) in [5.74, 6) is -0.287. The maximum Gasteiger partial charge on any atom is 0.321 e. The molecule has 2 aromatic heterocycles. The maximum atomic E-state index is 14.2. The van der Waals surface area contributed by atoms with Crippen molar-refractivity contribution in [2.75, 3.05) is 13.1 Å². The number of aliphatic hydroxyl groups is 1. The molecule has 1 saturated heterocycles. The number of amides is 3. The van der Waals surface area contributed by atoms with E-state index in [1.54, 1.807) is 16.0 Å². The van der Waals surface area contributed by atoms with Crippen LogP contribution >= 0.6 is 0 Å². The third kappa shape index (κ3) is 9.05. The monoisotopic (exact) mass is 648 g/mol. The van der Waals surface area contributed by atoms with Crippen LogP contribution < -0.4 is 11.1 Å². The van der Waals surface area contributed by atoms with E-state index in [0.29, 0.717) is 38.9 Å². The molecule has 4 atom stereocenters. The minimum atomic E-state index is -0.907. The molecular weight excluding hydrogens is 600 g/mol. The normalized spacial score (nSPS) is 16.0. The highest BCUT2D eigenvalue weighted by Gasteiger charge is 2.44. The third-order valence-corrected chi connectivity index (χ3v) is 8.85. The SMILES string of the molecule is Cc1cccc(CN2CCN([C@H](C(=O)N[C@@H](Cc3ccccc3)[C@H](O)C[C@@H](N)Cc3ccc(-c4ccccn4)cc3)C(C)(C)C)C2=O)n1. The molecule has 3 amide bonds. The molecule has 4 N–H and O–H groups in total. The average molecular weight is 649 g/mol. The Balaban J connectivity index is 1.28. The number of aryl methyl sites for hydroxylation is 1.